The maximum atomic E-state index is 5.85. The molecule has 3 aromatic heterocycles. The molecule has 3 heterocycles. The van der Waals surface area contributed by atoms with Gasteiger partial charge in [0, 0.05) is 35.9 Å². The minimum atomic E-state index is 0.437. The highest BCUT2D eigenvalue weighted by molar-refractivity contribution is 9.10. The van der Waals surface area contributed by atoms with Crippen LogP contribution in [0.2, 0.25) is 0 Å². The Labute approximate surface area is 135 Å². The van der Waals surface area contributed by atoms with E-state index in [9.17, 15) is 0 Å². The largest absolute Gasteiger partial charge is 0.384 e. The molecule has 0 aromatic carbocycles. The van der Waals surface area contributed by atoms with Crippen LogP contribution in [0.25, 0.3) is 5.65 Å². The van der Waals surface area contributed by atoms with Crippen LogP contribution in [-0.4, -0.2) is 21.7 Å². The van der Waals surface area contributed by atoms with Gasteiger partial charge < -0.3 is 11.1 Å². The average molecular weight is 364 g/mol. The molecule has 3 N–H and O–H groups in total. The van der Waals surface area contributed by atoms with Crippen molar-refractivity contribution < 1.29 is 9.57 Å². The Bertz CT molecular complexity index is 832. The lowest BCUT2D eigenvalue weighted by Gasteiger charge is -2.09. The predicted molar refractivity (Wildman–Crippen MR) is 86.3 cm³/mol. The van der Waals surface area contributed by atoms with Crippen molar-refractivity contribution in [2.45, 2.75) is 13.5 Å². The number of rotatable bonds is 4. The first-order valence-electron chi connectivity index (χ1n) is 6.68. The SMILES string of the molecule is CO[n+]1cc(CNc2cc(N)nc3c(Br)cnn23)ccc1C. The first-order chi connectivity index (χ1) is 10.6. The van der Waals surface area contributed by atoms with Crippen molar-refractivity contribution >= 4 is 33.2 Å². The summed E-state index contributed by atoms with van der Waals surface area (Å²) in [6, 6.07) is 5.80. The number of hydrogen-bond donors (Lipinski definition) is 2. The number of nitrogens with one attached hydrogen (secondary N) is 1. The van der Waals surface area contributed by atoms with Crippen molar-refractivity contribution in [1.29, 1.82) is 0 Å². The fourth-order valence-electron chi connectivity index (χ4n) is 2.17. The molecule has 0 spiro atoms. The summed E-state index contributed by atoms with van der Waals surface area (Å²) >= 11 is 3.41. The number of aryl methyl sites for hydroxylation is 1. The van der Waals surface area contributed by atoms with Gasteiger partial charge in [0.1, 0.15) is 18.7 Å². The van der Waals surface area contributed by atoms with E-state index in [0.717, 1.165) is 21.5 Å². The minimum Gasteiger partial charge on any atom is -0.384 e. The van der Waals surface area contributed by atoms with E-state index in [-0.39, 0.29) is 0 Å². The molecular weight excluding hydrogens is 348 g/mol. The van der Waals surface area contributed by atoms with Gasteiger partial charge in [-0.25, -0.2) is 4.98 Å². The van der Waals surface area contributed by atoms with Gasteiger partial charge in [0.2, 0.25) is 11.9 Å². The molecule has 22 heavy (non-hydrogen) atoms. The van der Waals surface area contributed by atoms with Gasteiger partial charge in [-0.2, -0.15) is 9.61 Å². The maximum absolute atomic E-state index is 5.85. The minimum absolute atomic E-state index is 0.437. The number of nitrogen functional groups attached to an aromatic ring is 1. The molecule has 3 aromatic rings. The first kappa shape index (κ1) is 14.6. The molecule has 7 nitrogen and oxygen atoms in total. The fraction of sp³-hybridized carbons (Fsp3) is 0.214. The summed E-state index contributed by atoms with van der Waals surface area (Å²) in [7, 11) is 1.64. The molecule has 114 valence electrons. The van der Waals surface area contributed by atoms with Crippen LogP contribution >= 0.6 is 15.9 Å². The van der Waals surface area contributed by atoms with Crippen LogP contribution in [-0.2, 0) is 6.54 Å². The van der Waals surface area contributed by atoms with Crippen LogP contribution in [0.3, 0.4) is 0 Å². The summed E-state index contributed by atoms with van der Waals surface area (Å²) < 4.78 is 4.23. The summed E-state index contributed by atoms with van der Waals surface area (Å²) in [5.74, 6) is 1.21. The number of pyridine rings is 1. The first-order valence-corrected chi connectivity index (χ1v) is 7.47. The van der Waals surface area contributed by atoms with E-state index in [2.05, 4.69) is 31.3 Å². The zero-order chi connectivity index (χ0) is 15.7. The predicted octanol–water partition coefficient (Wildman–Crippen LogP) is 1.34. The van der Waals surface area contributed by atoms with Crippen molar-refractivity contribution in [3.63, 3.8) is 0 Å². The molecule has 0 aliphatic carbocycles. The topological polar surface area (TPSA) is 81.3 Å². The number of fused-ring (bicyclic) bond motifs is 1. The van der Waals surface area contributed by atoms with Crippen LogP contribution in [0.15, 0.2) is 35.1 Å². The molecular formula is C14H16BrN6O+. The van der Waals surface area contributed by atoms with Crippen LogP contribution in [0.4, 0.5) is 11.6 Å². The second-order valence-corrected chi connectivity index (χ2v) is 5.69. The summed E-state index contributed by atoms with van der Waals surface area (Å²) in [5, 5.41) is 7.60. The molecule has 0 aliphatic rings. The molecule has 0 fully saturated rings. The number of anilines is 2. The van der Waals surface area contributed by atoms with Gasteiger partial charge in [-0.1, -0.05) is 0 Å². The number of nitrogens with two attached hydrogens (primary N) is 1. The zero-order valence-electron chi connectivity index (χ0n) is 12.2. The molecule has 0 aliphatic heterocycles. The van der Waals surface area contributed by atoms with Crippen LogP contribution in [0.5, 0.6) is 0 Å². The molecule has 3 rings (SSSR count). The van der Waals surface area contributed by atoms with E-state index in [4.69, 9.17) is 10.6 Å². The summed E-state index contributed by atoms with van der Waals surface area (Å²) in [5.41, 5.74) is 8.63. The molecule has 0 radical (unpaired) electrons. The highest BCUT2D eigenvalue weighted by Crippen LogP contribution is 2.21. The highest BCUT2D eigenvalue weighted by Gasteiger charge is 2.11. The number of nitrogens with zero attached hydrogens (tertiary/aromatic N) is 4. The van der Waals surface area contributed by atoms with Crippen LogP contribution in [0, 0.1) is 6.92 Å². The van der Waals surface area contributed by atoms with E-state index >= 15 is 0 Å². The molecule has 0 amide bonds. The monoisotopic (exact) mass is 363 g/mol. The highest BCUT2D eigenvalue weighted by atomic mass is 79.9. The molecule has 0 bridgehead atoms. The average Bonchev–Trinajstić information content (AvgIpc) is 2.87. The summed E-state index contributed by atoms with van der Waals surface area (Å²) in [6.45, 7) is 2.59. The van der Waals surface area contributed by atoms with Gasteiger partial charge in [-0.15, -0.1) is 0 Å². The van der Waals surface area contributed by atoms with Crippen molar-refractivity contribution in [2.24, 2.45) is 0 Å². The molecule has 0 atom stereocenters. The normalized spacial score (nSPS) is 10.9. The fourth-order valence-corrected chi connectivity index (χ4v) is 2.52. The van der Waals surface area contributed by atoms with E-state index < -0.39 is 0 Å². The second kappa shape index (κ2) is 5.80. The third-order valence-electron chi connectivity index (χ3n) is 3.29. The smallest absolute Gasteiger partial charge is 0.231 e. The zero-order valence-corrected chi connectivity index (χ0v) is 13.8. The Morgan fingerprint density at radius 3 is 3.05 bits per heavy atom. The standard InChI is InChI=1S/C14H16BrN6O/c1-9-3-4-10(8-20(9)22-2)6-17-13-5-12(16)19-14-11(15)7-18-21(13)14/h3-5,7-8,17H,6H2,1-2H3,(H2,16,19)/q+1. The van der Waals surface area contributed by atoms with Crippen molar-refractivity contribution in [2.75, 3.05) is 18.2 Å². The number of halogens is 1. The van der Waals surface area contributed by atoms with Gasteiger partial charge in [0.05, 0.1) is 10.7 Å². The van der Waals surface area contributed by atoms with Gasteiger partial charge >= 0.3 is 0 Å². The number of hydrogen-bond acceptors (Lipinski definition) is 5. The quantitative estimate of drug-likeness (QED) is 0.683. The van der Waals surface area contributed by atoms with E-state index in [1.165, 1.54) is 0 Å². The van der Waals surface area contributed by atoms with Crippen LogP contribution in [0.1, 0.15) is 11.3 Å². The Kier molecular flexibility index (Phi) is 3.84. The van der Waals surface area contributed by atoms with Crippen molar-refractivity contribution in [3.8, 4) is 0 Å². The third kappa shape index (κ3) is 2.69. The molecule has 8 heteroatoms. The van der Waals surface area contributed by atoms with Crippen LogP contribution < -0.4 is 20.6 Å². The summed E-state index contributed by atoms with van der Waals surface area (Å²) in [6.07, 6.45) is 3.63. The Balaban J connectivity index is 1.88. The van der Waals surface area contributed by atoms with E-state index in [0.29, 0.717) is 18.0 Å². The Morgan fingerprint density at radius 2 is 2.27 bits per heavy atom. The Morgan fingerprint density at radius 1 is 1.45 bits per heavy atom. The van der Waals surface area contributed by atoms with Gasteiger partial charge in [-0.05, 0) is 22.0 Å². The molecule has 0 unspecified atom stereocenters. The lowest BCUT2D eigenvalue weighted by atomic mass is 10.2. The van der Waals surface area contributed by atoms with E-state index in [1.807, 2.05) is 25.3 Å². The summed E-state index contributed by atoms with van der Waals surface area (Å²) in [4.78, 5) is 9.52. The third-order valence-corrected chi connectivity index (χ3v) is 3.85. The Hall–Kier alpha value is -2.35. The van der Waals surface area contributed by atoms with Crippen molar-refractivity contribution in [1.82, 2.24) is 14.6 Å². The molecule has 0 saturated carbocycles. The maximum Gasteiger partial charge on any atom is 0.231 e. The van der Waals surface area contributed by atoms with Gasteiger partial charge in [-0.3, -0.25) is 4.84 Å². The van der Waals surface area contributed by atoms with E-state index in [1.54, 1.807) is 28.6 Å². The van der Waals surface area contributed by atoms with Gasteiger partial charge in [0.15, 0.2) is 5.65 Å². The lowest BCUT2D eigenvalue weighted by Crippen LogP contribution is -2.43. The second-order valence-electron chi connectivity index (χ2n) is 4.83. The molecule has 0 saturated heterocycles. The lowest BCUT2D eigenvalue weighted by molar-refractivity contribution is -0.889. The van der Waals surface area contributed by atoms with Crippen molar-refractivity contribution in [3.05, 3.63) is 46.3 Å². The van der Waals surface area contributed by atoms with Gasteiger partial charge in [0.25, 0.3) is 0 Å². The number of aromatic nitrogens is 4.